The predicted octanol–water partition coefficient (Wildman–Crippen LogP) is 2.89. The highest BCUT2D eigenvalue weighted by Crippen LogP contribution is 2.25. The Balaban J connectivity index is 1.68. The summed E-state index contributed by atoms with van der Waals surface area (Å²) in [5, 5.41) is 7.04. The van der Waals surface area contributed by atoms with Crippen LogP contribution >= 0.6 is 0 Å². The molecule has 0 saturated heterocycles. The first kappa shape index (κ1) is 15.0. The Hall–Kier alpha value is -3.54. The third-order valence-electron chi connectivity index (χ3n) is 3.88. The lowest BCUT2D eigenvalue weighted by atomic mass is 9.90. The molecule has 6 heteroatoms. The lowest BCUT2D eigenvalue weighted by molar-refractivity contribution is -0.116. The van der Waals surface area contributed by atoms with Crippen LogP contribution in [0.15, 0.2) is 79.1 Å². The summed E-state index contributed by atoms with van der Waals surface area (Å²) in [6, 6.07) is 21.1. The molecule has 1 N–H and O–H groups in total. The molecule has 0 bridgehead atoms. The van der Waals surface area contributed by atoms with Gasteiger partial charge in [0.1, 0.15) is 0 Å². The van der Waals surface area contributed by atoms with Gasteiger partial charge in [0.25, 0.3) is 11.7 Å². The molecule has 0 atom stereocenters. The van der Waals surface area contributed by atoms with Gasteiger partial charge in [0, 0.05) is 12.4 Å². The predicted molar refractivity (Wildman–Crippen MR) is 94.1 cm³/mol. The fourth-order valence-electron chi connectivity index (χ4n) is 2.75. The smallest absolute Gasteiger partial charge is 0.253 e. The van der Waals surface area contributed by atoms with Gasteiger partial charge in [0.15, 0.2) is 0 Å². The van der Waals surface area contributed by atoms with Crippen LogP contribution in [0.2, 0.25) is 0 Å². The van der Waals surface area contributed by atoms with Gasteiger partial charge in [0.2, 0.25) is 5.91 Å². The van der Waals surface area contributed by atoms with Gasteiger partial charge in [-0.1, -0.05) is 60.7 Å². The minimum absolute atomic E-state index is 0.187. The Kier molecular flexibility index (Phi) is 3.92. The van der Waals surface area contributed by atoms with Gasteiger partial charge in [-0.3, -0.25) is 10.1 Å². The zero-order valence-corrected chi connectivity index (χ0v) is 13.3. The Labute approximate surface area is 144 Å². The Morgan fingerprint density at radius 2 is 1.56 bits per heavy atom. The molecule has 2 aromatic carbocycles. The molecule has 122 valence electrons. The van der Waals surface area contributed by atoms with Crippen LogP contribution in [0.25, 0.3) is 5.78 Å². The van der Waals surface area contributed by atoms with E-state index in [4.69, 9.17) is 0 Å². The molecule has 2 aromatic heterocycles. The van der Waals surface area contributed by atoms with Crippen LogP contribution in [0.3, 0.4) is 0 Å². The van der Waals surface area contributed by atoms with E-state index < -0.39 is 5.92 Å². The minimum Gasteiger partial charge on any atom is -0.292 e. The summed E-state index contributed by atoms with van der Waals surface area (Å²) < 4.78 is 1.52. The van der Waals surface area contributed by atoms with E-state index in [1.165, 1.54) is 4.52 Å². The van der Waals surface area contributed by atoms with Gasteiger partial charge in [-0.05, 0) is 17.2 Å². The van der Waals surface area contributed by atoms with Crippen LogP contribution in [0, 0.1) is 0 Å². The summed E-state index contributed by atoms with van der Waals surface area (Å²) in [4.78, 5) is 21.3. The summed E-state index contributed by atoms with van der Waals surface area (Å²) in [5.74, 6) is 0.0459. The van der Waals surface area contributed by atoms with E-state index in [-0.39, 0.29) is 11.9 Å². The van der Waals surface area contributed by atoms with Crippen LogP contribution in [-0.2, 0) is 4.79 Å². The topological polar surface area (TPSA) is 72.2 Å². The number of aromatic nitrogens is 4. The third kappa shape index (κ3) is 3.10. The number of nitrogens with one attached hydrogen (secondary N) is 1. The first-order chi connectivity index (χ1) is 12.3. The molecule has 0 fully saturated rings. The van der Waals surface area contributed by atoms with Crippen LogP contribution in [-0.4, -0.2) is 25.5 Å². The zero-order chi connectivity index (χ0) is 17.1. The van der Waals surface area contributed by atoms with Crippen molar-refractivity contribution in [2.45, 2.75) is 5.92 Å². The average molecular weight is 329 g/mol. The van der Waals surface area contributed by atoms with Gasteiger partial charge in [0.05, 0.1) is 5.92 Å². The van der Waals surface area contributed by atoms with Crippen LogP contribution < -0.4 is 5.32 Å². The molecular weight excluding hydrogens is 314 g/mol. The molecular formula is C19H15N5O. The number of benzene rings is 2. The molecule has 2 heterocycles. The number of carbonyl (C=O) groups excluding carboxylic acids is 1. The minimum atomic E-state index is -0.443. The van der Waals surface area contributed by atoms with Gasteiger partial charge in [-0.25, -0.2) is 9.50 Å². The van der Waals surface area contributed by atoms with Crippen molar-refractivity contribution in [3.05, 3.63) is 90.3 Å². The van der Waals surface area contributed by atoms with Crippen molar-refractivity contribution < 1.29 is 4.79 Å². The number of nitrogens with zero attached hydrogens (tertiary/aromatic N) is 4. The van der Waals surface area contributed by atoms with Gasteiger partial charge < -0.3 is 0 Å². The van der Waals surface area contributed by atoms with Crippen molar-refractivity contribution in [3.63, 3.8) is 0 Å². The molecule has 0 aliphatic carbocycles. The van der Waals surface area contributed by atoms with Crippen LogP contribution in [0.5, 0.6) is 0 Å². The number of rotatable bonds is 4. The lowest BCUT2D eigenvalue weighted by Crippen LogP contribution is -2.22. The standard InChI is InChI=1S/C19H15N5O/c25-17(21-18-22-19-20-12-7-13-24(19)23-18)16(14-8-3-1-4-9-14)15-10-5-2-6-11-15/h1-13,16H,(H,21,23,25). The first-order valence-corrected chi connectivity index (χ1v) is 7.89. The lowest BCUT2D eigenvalue weighted by Gasteiger charge is -2.16. The SMILES string of the molecule is O=C(Nc1nc2ncccn2n1)C(c1ccccc1)c1ccccc1. The molecule has 1 amide bonds. The second kappa shape index (κ2) is 6.52. The number of fused-ring (bicyclic) bond motifs is 1. The maximum atomic E-state index is 13.0. The second-order valence-corrected chi connectivity index (χ2v) is 5.54. The Bertz CT molecular complexity index is 925. The maximum absolute atomic E-state index is 13.0. The molecule has 0 aliphatic rings. The van der Waals surface area contributed by atoms with Gasteiger partial charge in [-0.2, -0.15) is 4.98 Å². The van der Waals surface area contributed by atoms with Crippen molar-refractivity contribution in [3.8, 4) is 0 Å². The van der Waals surface area contributed by atoms with Crippen molar-refractivity contribution in [1.82, 2.24) is 19.6 Å². The highest BCUT2D eigenvalue weighted by molar-refractivity contribution is 5.97. The molecule has 0 aliphatic heterocycles. The van der Waals surface area contributed by atoms with Crippen molar-refractivity contribution in [2.75, 3.05) is 5.32 Å². The summed E-state index contributed by atoms with van der Waals surface area (Å²) in [6.45, 7) is 0. The van der Waals surface area contributed by atoms with E-state index in [1.54, 1.807) is 18.5 Å². The highest BCUT2D eigenvalue weighted by atomic mass is 16.2. The van der Waals surface area contributed by atoms with E-state index >= 15 is 0 Å². The van der Waals surface area contributed by atoms with Gasteiger partial charge in [-0.15, -0.1) is 5.10 Å². The van der Waals surface area contributed by atoms with Crippen LogP contribution in [0.1, 0.15) is 17.0 Å². The van der Waals surface area contributed by atoms with Crippen LogP contribution in [0.4, 0.5) is 5.95 Å². The summed E-state index contributed by atoms with van der Waals surface area (Å²) >= 11 is 0. The zero-order valence-electron chi connectivity index (χ0n) is 13.3. The molecule has 4 aromatic rings. The summed E-state index contributed by atoms with van der Waals surface area (Å²) in [5.41, 5.74) is 1.82. The first-order valence-electron chi connectivity index (χ1n) is 7.89. The monoisotopic (exact) mass is 329 g/mol. The van der Waals surface area contributed by atoms with Crippen molar-refractivity contribution in [2.24, 2.45) is 0 Å². The Morgan fingerprint density at radius 1 is 0.920 bits per heavy atom. The van der Waals surface area contributed by atoms with E-state index in [0.717, 1.165) is 11.1 Å². The van der Waals surface area contributed by atoms with E-state index in [9.17, 15) is 4.79 Å². The normalized spacial score (nSPS) is 10.9. The Morgan fingerprint density at radius 3 is 2.16 bits per heavy atom. The average Bonchev–Trinajstić information content (AvgIpc) is 3.06. The summed E-state index contributed by atoms with van der Waals surface area (Å²) in [7, 11) is 0. The van der Waals surface area contributed by atoms with E-state index in [0.29, 0.717) is 5.78 Å². The number of hydrogen-bond acceptors (Lipinski definition) is 4. The molecule has 4 rings (SSSR count). The van der Waals surface area contributed by atoms with E-state index in [2.05, 4.69) is 20.4 Å². The maximum Gasteiger partial charge on any atom is 0.253 e. The number of hydrogen-bond donors (Lipinski definition) is 1. The largest absolute Gasteiger partial charge is 0.292 e. The van der Waals surface area contributed by atoms with Crippen molar-refractivity contribution in [1.29, 1.82) is 0 Å². The molecule has 0 unspecified atom stereocenters. The van der Waals surface area contributed by atoms with E-state index in [1.807, 2.05) is 60.7 Å². The van der Waals surface area contributed by atoms with Gasteiger partial charge >= 0.3 is 0 Å². The molecule has 25 heavy (non-hydrogen) atoms. The second-order valence-electron chi connectivity index (χ2n) is 5.54. The fraction of sp³-hybridized carbons (Fsp3) is 0.0526. The molecule has 0 radical (unpaired) electrons. The highest BCUT2D eigenvalue weighted by Gasteiger charge is 2.23. The third-order valence-corrected chi connectivity index (χ3v) is 3.88. The molecule has 6 nitrogen and oxygen atoms in total. The number of amides is 1. The molecule has 0 spiro atoms. The van der Waals surface area contributed by atoms with Crippen molar-refractivity contribution >= 4 is 17.6 Å². The fourth-order valence-corrected chi connectivity index (χ4v) is 2.75. The quantitative estimate of drug-likeness (QED) is 0.625. The molecule has 0 saturated carbocycles. The number of carbonyl (C=O) groups is 1. The number of anilines is 1. The summed E-state index contributed by atoms with van der Waals surface area (Å²) in [6.07, 6.45) is 3.36.